The molecule has 1 aliphatic heterocycles. The molecule has 1 unspecified atom stereocenters. The molecule has 0 aliphatic carbocycles. The van der Waals surface area contributed by atoms with Gasteiger partial charge in [0.2, 0.25) is 0 Å². The molecule has 1 atom stereocenters. The molecule has 1 aromatic carbocycles. The molecule has 1 aliphatic rings. The maximum atomic E-state index is 11.4. The Morgan fingerprint density at radius 1 is 1.30 bits per heavy atom. The van der Waals surface area contributed by atoms with Crippen LogP contribution in [0, 0.1) is 5.92 Å². The topological polar surface area (TPSA) is 64.6 Å². The van der Waals surface area contributed by atoms with Crippen molar-refractivity contribution < 1.29 is 17.9 Å². The lowest BCUT2D eigenvalue weighted by Gasteiger charge is -2.13. The smallest absolute Gasteiger partial charge is 0.150 e. The van der Waals surface area contributed by atoms with Crippen molar-refractivity contribution in [3.05, 3.63) is 23.8 Å². The van der Waals surface area contributed by atoms with Crippen molar-refractivity contribution in [2.75, 3.05) is 32.3 Å². The lowest BCUT2D eigenvalue weighted by atomic mass is 10.1. The summed E-state index contributed by atoms with van der Waals surface area (Å²) in [5.41, 5.74) is 1.01. The Balaban J connectivity index is 1.90. The normalized spacial score (nSPS) is 20.8. The largest absolute Gasteiger partial charge is 0.497 e. The van der Waals surface area contributed by atoms with E-state index in [0.29, 0.717) is 24.6 Å². The van der Waals surface area contributed by atoms with Crippen LogP contribution in [0.4, 0.5) is 0 Å². The Kier molecular flexibility index (Phi) is 4.88. The molecular formula is C14H21NO4S. The average Bonchev–Trinajstić information content (AvgIpc) is 2.78. The fourth-order valence-electron chi connectivity index (χ4n) is 2.46. The van der Waals surface area contributed by atoms with Crippen LogP contribution in [0.15, 0.2) is 18.2 Å². The highest BCUT2D eigenvalue weighted by atomic mass is 32.2. The fourth-order valence-corrected chi connectivity index (χ4v) is 4.33. The van der Waals surface area contributed by atoms with E-state index in [1.165, 1.54) is 0 Å². The summed E-state index contributed by atoms with van der Waals surface area (Å²) in [7, 11) is 0.462. The zero-order chi connectivity index (χ0) is 14.6. The number of hydrogen-bond acceptors (Lipinski definition) is 5. The molecule has 5 nitrogen and oxygen atoms in total. The zero-order valence-corrected chi connectivity index (χ0v) is 12.7. The van der Waals surface area contributed by atoms with Gasteiger partial charge in [-0.15, -0.1) is 0 Å². The number of ether oxygens (including phenoxy) is 2. The Hall–Kier alpha value is -1.27. The molecular weight excluding hydrogens is 278 g/mol. The molecule has 1 aromatic rings. The van der Waals surface area contributed by atoms with Gasteiger partial charge >= 0.3 is 0 Å². The van der Waals surface area contributed by atoms with E-state index in [-0.39, 0.29) is 5.92 Å². The first kappa shape index (κ1) is 15.1. The molecule has 112 valence electrons. The molecule has 1 fully saturated rings. The van der Waals surface area contributed by atoms with E-state index in [9.17, 15) is 8.42 Å². The van der Waals surface area contributed by atoms with E-state index in [2.05, 4.69) is 5.32 Å². The second-order valence-corrected chi connectivity index (χ2v) is 7.31. The summed E-state index contributed by atoms with van der Waals surface area (Å²) in [4.78, 5) is 0. The van der Waals surface area contributed by atoms with Gasteiger partial charge in [-0.1, -0.05) is 0 Å². The van der Waals surface area contributed by atoms with Crippen molar-refractivity contribution in [1.82, 2.24) is 5.32 Å². The predicted molar refractivity (Wildman–Crippen MR) is 78.0 cm³/mol. The third-order valence-electron chi connectivity index (χ3n) is 3.56. The van der Waals surface area contributed by atoms with Gasteiger partial charge in [-0.2, -0.15) is 0 Å². The van der Waals surface area contributed by atoms with Gasteiger partial charge in [0, 0.05) is 12.1 Å². The zero-order valence-electron chi connectivity index (χ0n) is 11.9. The maximum absolute atomic E-state index is 11.4. The highest BCUT2D eigenvalue weighted by Crippen LogP contribution is 2.24. The van der Waals surface area contributed by atoms with Crippen LogP contribution in [-0.2, 0) is 16.4 Å². The molecule has 0 bridgehead atoms. The van der Waals surface area contributed by atoms with E-state index in [4.69, 9.17) is 9.47 Å². The average molecular weight is 299 g/mol. The summed E-state index contributed by atoms with van der Waals surface area (Å²) in [5.74, 6) is 2.43. The number of hydrogen-bond donors (Lipinski definition) is 1. The van der Waals surface area contributed by atoms with Crippen molar-refractivity contribution in [2.24, 2.45) is 5.92 Å². The van der Waals surface area contributed by atoms with Crippen LogP contribution in [0.1, 0.15) is 12.0 Å². The Labute approximate surface area is 120 Å². The van der Waals surface area contributed by atoms with Crippen LogP contribution in [-0.4, -0.2) is 40.7 Å². The molecule has 2 rings (SSSR count). The number of rotatable bonds is 6. The highest BCUT2D eigenvalue weighted by molar-refractivity contribution is 7.91. The summed E-state index contributed by atoms with van der Waals surface area (Å²) < 4.78 is 33.3. The molecule has 0 spiro atoms. The minimum absolute atomic E-state index is 0.219. The van der Waals surface area contributed by atoms with Gasteiger partial charge in [0.15, 0.2) is 9.84 Å². The Bertz CT molecular complexity index is 556. The maximum Gasteiger partial charge on any atom is 0.150 e. The number of sulfone groups is 1. The molecule has 0 aromatic heterocycles. The standard InChI is InChI=1S/C14H21NO4S/c1-18-13-3-4-14(19-2)12(7-13)9-15-8-11-5-6-20(16,17)10-11/h3-4,7,11,15H,5-6,8-10H2,1-2H3. The Morgan fingerprint density at radius 3 is 2.70 bits per heavy atom. The first-order chi connectivity index (χ1) is 9.54. The van der Waals surface area contributed by atoms with E-state index in [1.807, 2.05) is 18.2 Å². The second-order valence-electron chi connectivity index (χ2n) is 5.08. The van der Waals surface area contributed by atoms with Crippen molar-refractivity contribution in [1.29, 1.82) is 0 Å². The fraction of sp³-hybridized carbons (Fsp3) is 0.571. The molecule has 6 heteroatoms. The van der Waals surface area contributed by atoms with Crippen molar-refractivity contribution >= 4 is 9.84 Å². The molecule has 1 N–H and O–H groups in total. The lowest BCUT2D eigenvalue weighted by Crippen LogP contribution is -2.23. The summed E-state index contributed by atoms with van der Waals surface area (Å²) in [6, 6.07) is 5.65. The van der Waals surface area contributed by atoms with E-state index in [1.54, 1.807) is 14.2 Å². The van der Waals surface area contributed by atoms with Crippen LogP contribution in [0.2, 0.25) is 0 Å². The van der Waals surface area contributed by atoms with Gasteiger partial charge in [-0.05, 0) is 37.1 Å². The minimum atomic E-state index is -2.80. The molecule has 0 saturated carbocycles. The van der Waals surface area contributed by atoms with E-state index >= 15 is 0 Å². The Morgan fingerprint density at radius 2 is 2.10 bits per heavy atom. The van der Waals surface area contributed by atoms with E-state index in [0.717, 1.165) is 23.5 Å². The van der Waals surface area contributed by atoms with Gasteiger partial charge < -0.3 is 14.8 Å². The number of nitrogens with one attached hydrogen (secondary N) is 1. The molecule has 20 heavy (non-hydrogen) atoms. The monoisotopic (exact) mass is 299 g/mol. The summed E-state index contributed by atoms with van der Waals surface area (Å²) >= 11 is 0. The van der Waals surface area contributed by atoms with Crippen molar-refractivity contribution in [3.8, 4) is 11.5 Å². The highest BCUT2D eigenvalue weighted by Gasteiger charge is 2.27. The first-order valence-electron chi connectivity index (χ1n) is 6.66. The van der Waals surface area contributed by atoms with Crippen molar-refractivity contribution in [3.63, 3.8) is 0 Å². The van der Waals surface area contributed by atoms with Crippen LogP contribution in [0.25, 0.3) is 0 Å². The van der Waals surface area contributed by atoms with Crippen LogP contribution in [0.3, 0.4) is 0 Å². The van der Waals surface area contributed by atoms with Crippen molar-refractivity contribution in [2.45, 2.75) is 13.0 Å². The minimum Gasteiger partial charge on any atom is -0.497 e. The summed E-state index contributed by atoms with van der Waals surface area (Å²) in [6.45, 7) is 1.34. The number of methoxy groups -OCH3 is 2. The third kappa shape index (κ3) is 3.86. The molecule has 0 radical (unpaired) electrons. The van der Waals surface area contributed by atoms with Crippen LogP contribution in [0.5, 0.6) is 11.5 Å². The van der Waals surface area contributed by atoms with Crippen LogP contribution < -0.4 is 14.8 Å². The van der Waals surface area contributed by atoms with Gasteiger partial charge in [0.05, 0.1) is 25.7 Å². The quantitative estimate of drug-likeness (QED) is 0.856. The van der Waals surface area contributed by atoms with Gasteiger partial charge in [0.25, 0.3) is 0 Å². The SMILES string of the molecule is COc1ccc(OC)c(CNCC2CCS(=O)(=O)C2)c1. The second kappa shape index (κ2) is 6.45. The summed E-state index contributed by atoms with van der Waals surface area (Å²) in [5, 5.41) is 3.31. The van der Waals surface area contributed by atoms with Gasteiger partial charge in [-0.3, -0.25) is 0 Å². The third-order valence-corrected chi connectivity index (χ3v) is 5.40. The van der Waals surface area contributed by atoms with Gasteiger partial charge in [0.1, 0.15) is 11.5 Å². The number of benzene rings is 1. The van der Waals surface area contributed by atoms with E-state index < -0.39 is 9.84 Å². The van der Waals surface area contributed by atoms with Crippen LogP contribution >= 0.6 is 0 Å². The molecule has 1 saturated heterocycles. The first-order valence-corrected chi connectivity index (χ1v) is 8.48. The molecule has 0 amide bonds. The predicted octanol–water partition coefficient (Wildman–Crippen LogP) is 1.23. The lowest BCUT2D eigenvalue weighted by molar-refractivity contribution is 0.396. The van der Waals surface area contributed by atoms with Gasteiger partial charge in [-0.25, -0.2) is 8.42 Å². The molecule has 1 heterocycles. The summed E-state index contributed by atoms with van der Waals surface area (Å²) in [6.07, 6.45) is 0.755.